The summed E-state index contributed by atoms with van der Waals surface area (Å²) in [6.07, 6.45) is 4.91. The molecule has 0 amide bonds. The molecule has 1 aromatic rings. The van der Waals surface area contributed by atoms with Crippen LogP contribution in [0.4, 0.5) is 8.78 Å². The fourth-order valence-electron chi connectivity index (χ4n) is 3.56. The van der Waals surface area contributed by atoms with Crippen LogP contribution in [0.2, 0.25) is 0 Å². The molecule has 1 aromatic carbocycles. The molecule has 0 radical (unpaired) electrons. The number of rotatable bonds is 3. The molecule has 2 aliphatic rings. The van der Waals surface area contributed by atoms with Crippen LogP contribution in [-0.4, -0.2) is 13.3 Å². The zero-order valence-corrected chi connectivity index (χ0v) is 12.3. The smallest absolute Gasteiger partial charge is 0.270 e. The molecule has 1 aliphatic carbocycles. The molecule has 1 heterocycles. The van der Waals surface area contributed by atoms with Gasteiger partial charge in [-0.05, 0) is 30.5 Å². The molecule has 0 saturated heterocycles. The average molecular weight is 297 g/mol. The van der Waals surface area contributed by atoms with E-state index in [2.05, 4.69) is 0 Å². The predicted octanol–water partition coefficient (Wildman–Crippen LogP) is 3.69. The lowest BCUT2D eigenvalue weighted by Crippen LogP contribution is -2.39. The van der Waals surface area contributed by atoms with Crippen molar-refractivity contribution in [3.8, 4) is 11.5 Å². The maximum Gasteiger partial charge on any atom is 0.270 e. The van der Waals surface area contributed by atoms with Crippen molar-refractivity contribution in [2.45, 2.75) is 50.4 Å². The molecule has 1 aliphatic heterocycles. The maximum atomic E-state index is 14.1. The van der Waals surface area contributed by atoms with Crippen molar-refractivity contribution in [1.82, 2.24) is 0 Å². The molecule has 116 valence electrons. The largest absolute Gasteiger partial charge is 0.454 e. The highest BCUT2D eigenvalue weighted by molar-refractivity contribution is 5.52. The van der Waals surface area contributed by atoms with Crippen LogP contribution < -0.4 is 15.2 Å². The lowest BCUT2D eigenvalue weighted by molar-refractivity contribution is 0.0147. The van der Waals surface area contributed by atoms with E-state index in [4.69, 9.17) is 15.2 Å². The molecule has 1 fully saturated rings. The van der Waals surface area contributed by atoms with E-state index in [0.29, 0.717) is 23.6 Å². The fourth-order valence-corrected chi connectivity index (χ4v) is 3.56. The number of nitrogens with two attached hydrogens (primary N) is 1. The lowest BCUT2D eigenvalue weighted by atomic mass is 9.67. The summed E-state index contributed by atoms with van der Waals surface area (Å²) in [5, 5.41) is 0. The van der Waals surface area contributed by atoms with Gasteiger partial charge in [0.05, 0.1) is 0 Å². The van der Waals surface area contributed by atoms with E-state index in [1.807, 2.05) is 0 Å². The van der Waals surface area contributed by atoms with Crippen LogP contribution >= 0.6 is 0 Å². The van der Waals surface area contributed by atoms with Crippen molar-refractivity contribution in [2.24, 2.45) is 5.73 Å². The molecule has 0 bridgehead atoms. The Morgan fingerprint density at radius 1 is 1.14 bits per heavy atom. The van der Waals surface area contributed by atoms with E-state index in [-0.39, 0.29) is 17.8 Å². The van der Waals surface area contributed by atoms with Crippen molar-refractivity contribution < 1.29 is 18.3 Å². The highest BCUT2D eigenvalue weighted by atomic mass is 19.3. The first-order chi connectivity index (χ1) is 9.96. The minimum atomic E-state index is -2.92. The Balaban J connectivity index is 2.15. The second-order valence-corrected chi connectivity index (χ2v) is 6.18. The van der Waals surface area contributed by atoms with E-state index >= 15 is 0 Å². The number of hydrogen-bond donors (Lipinski definition) is 1. The van der Waals surface area contributed by atoms with Gasteiger partial charge >= 0.3 is 0 Å². The van der Waals surface area contributed by atoms with Crippen LogP contribution in [0.15, 0.2) is 12.1 Å². The van der Waals surface area contributed by atoms with Gasteiger partial charge in [0.15, 0.2) is 11.5 Å². The van der Waals surface area contributed by atoms with Crippen molar-refractivity contribution in [2.75, 3.05) is 13.3 Å². The molecule has 5 heteroatoms. The standard InChI is InChI=1S/C16H21F2NO2/c1-15(17,18)11-7-13-14(21-10-20-13)8-12(11)16(9-19)5-3-2-4-6-16/h7-8H,2-6,9-10,19H2,1H3. The molecule has 0 aromatic heterocycles. The fraction of sp³-hybridized carbons (Fsp3) is 0.625. The van der Waals surface area contributed by atoms with Gasteiger partial charge in [-0.1, -0.05) is 19.3 Å². The third-order valence-corrected chi connectivity index (χ3v) is 4.76. The van der Waals surface area contributed by atoms with Crippen LogP contribution in [0.5, 0.6) is 11.5 Å². The summed E-state index contributed by atoms with van der Waals surface area (Å²) in [4.78, 5) is 0. The van der Waals surface area contributed by atoms with Crippen LogP contribution in [0.3, 0.4) is 0 Å². The van der Waals surface area contributed by atoms with E-state index < -0.39 is 5.92 Å². The molecule has 21 heavy (non-hydrogen) atoms. The van der Waals surface area contributed by atoms with Gasteiger partial charge in [0, 0.05) is 24.4 Å². The quantitative estimate of drug-likeness (QED) is 0.925. The predicted molar refractivity (Wildman–Crippen MR) is 76.0 cm³/mol. The van der Waals surface area contributed by atoms with Crippen molar-refractivity contribution in [1.29, 1.82) is 0 Å². The Kier molecular flexibility index (Phi) is 3.56. The molecule has 0 spiro atoms. The summed E-state index contributed by atoms with van der Waals surface area (Å²) in [6, 6.07) is 3.16. The summed E-state index contributed by atoms with van der Waals surface area (Å²) in [5.74, 6) is -1.97. The Hall–Kier alpha value is -1.36. The molecule has 1 saturated carbocycles. The normalized spacial score (nSPS) is 20.6. The van der Waals surface area contributed by atoms with E-state index in [9.17, 15) is 8.78 Å². The first-order valence-electron chi connectivity index (χ1n) is 7.49. The number of fused-ring (bicyclic) bond motifs is 1. The highest BCUT2D eigenvalue weighted by Gasteiger charge is 2.41. The van der Waals surface area contributed by atoms with Crippen molar-refractivity contribution >= 4 is 0 Å². The van der Waals surface area contributed by atoms with Gasteiger partial charge in [-0.25, -0.2) is 8.78 Å². The minimum absolute atomic E-state index is 0.0269. The number of alkyl halides is 2. The summed E-state index contributed by atoms with van der Waals surface area (Å²) in [7, 11) is 0. The molecule has 0 atom stereocenters. The monoisotopic (exact) mass is 297 g/mol. The Labute approximate surface area is 123 Å². The summed E-state index contributed by atoms with van der Waals surface area (Å²) in [6.45, 7) is 1.40. The molecular formula is C16H21F2NO2. The van der Waals surface area contributed by atoms with Gasteiger partial charge in [-0.15, -0.1) is 0 Å². The Morgan fingerprint density at radius 2 is 1.76 bits per heavy atom. The van der Waals surface area contributed by atoms with Crippen molar-refractivity contribution in [3.63, 3.8) is 0 Å². The molecule has 0 unspecified atom stereocenters. The highest BCUT2D eigenvalue weighted by Crippen LogP contribution is 2.48. The zero-order chi connectivity index (χ0) is 15.1. The van der Waals surface area contributed by atoms with Crippen LogP contribution in [-0.2, 0) is 11.3 Å². The lowest BCUT2D eigenvalue weighted by Gasteiger charge is -2.39. The number of ether oxygens (including phenoxy) is 2. The molecular weight excluding hydrogens is 276 g/mol. The van der Waals surface area contributed by atoms with Gasteiger partial charge in [-0.3, -0.25) is 0 Å². The maximum absolute atomic E-state index is 14.1. The third kappa shape index (κ3) is 2.48. The van der Waals surface area contributed by atoms with E-state index in [1.165, 1.54) is 6.07 Å². The number of benzene rings is 1. The van der Waals surface area contributed by atoms with E-state index in [1.54, 1.807) is 6.07 Å². The van der Waals surface area contributed by atoms with Crippen molar-refractivity contribution in [3.05, 3.63) is 23.3 Å². The zero-order valence-electron chi connectivity index (χ0n) is 12.3. The topological polar surface area (TPSA) is 44.5 Å². The molecule has 3 nitrogen and oxygen atoms in total. The average Bonchev–Trinajstić information content (AvgIpc) is 2.93. The molecule has 2 N–H and O–H groups in total. The van der Waals surface area contributed by atoms with Crippen LogP contribution in [0.25, 0.3) is 0 Å². The first kappa shape index (κ1) is 14.6. The van der Waals surface area contributed by atoms with Gasteiger partial charge in [0.25, 0.3) is 5.92 Å². The second-order valence-electron chi connectivity index (χ2n) is 6.18. The van der Waals surface area contributed by atoms with Gasteiger partial charge in [0.2, 0.25) is 6.79 Å². The third-order valence-electron chi connectivity index (χ3n) is 4.76. The Morgan fingerprint density at radius 3 is 2.33 bits per heavy atom. The second kappa shape index (κ2) is 5.13. The van der Waals surface area contributed by atoms with Crippen LogP contribution in [0.1, 0.15) is 50.2 Å². The summed E-state index contributed by atoms with van der Waals surface area (Å²) in [5.41, 5.74) is 6.31. The summed E-state index contributed by atoms with van der Waals surface area (Å²) < 4.78 is 38.9. The first-order valence-corrected chi connectivity index (χ1v) is 7.49. The van der Waals surface area contributed by atoms with E-state index in [0.717, 1.165) is 39.0 Å². The number of halogens is 2. The number of hydrogen-bond acceptors (Lipinski definition) is 3. The Bertz CT molecular complexity index is 534. The van der Waals surface area contributed by atoms with Gasteiger partial charge < -0.3 is 15.2 Å². The van der Waals surface area contributed by atoms with Gasteiger partial charge in [-0.2, -0.15) is 0 Å². The van der Waals surface area contributed by atoms with Gasteiger partial charge in [0.1, 0.15) is 0 Å². The molecule has 3 rings (SSSR count). The van der Waals surface area contributed by atoms with Crippen LogP contribution in [0, 0.1) is 0 Å². The summed E-state index contributed by atoms with van der Waals surface area (Å²) >= 11 is 0. The minimum Gasteiger partial charge on any atom is -0.454 e. The SMILES string of the molecule is CC(F)(F)c1cc2c(cc1C1(CN)CCCCC1)OCO2.